The SMILES string of the molecule is CN(c1ccc(Cl)cc1)S(=O)(=O)c1ccc2[nH]cc(C(=O)N3CCC4(CC3)OCCO4)c(=O)c2c1. The number of carbonyl (C=O) groups is 1. The molecular weight excluding hydrogens is 494 g/mol. The van der Waals surface area contributed by atoms with Crippen LogP contribution in [0.2, 0.25) is 5.02 Å². The largest absolute Gasteiger partial charge is 0.360 e. The van der Waals surface area contributed by atoms with E-state index < -0.39 is 27.1 Å². The van der Waals surface area contributed by atoms with E-state index in [-0.39, 0.29) is 15.8 Å². The van der Waals surface area contributed by atoms with Crippen LogP contribution in [0.25, 0.3) is 10.9 Å². The van der Waals surface area contributed by atoms with Gasteiger partial charge < -0.3 is 19.4 Å². The van der Waals surface area contributed by atoms with Gasteiger partial charge in [-0.2, -0.15) is 0 Å². The summed E-state index contributed by atoms with van der Waals surface area (Å²) in [4.78, 5) is 30.9. The van der Waals surface area contributed by atoms with Crippen LogP contribution in [-0.4, -0.2) is 63.3 Å². The molecule has 3 aromatic rings. The van der Waals surface area contributed by atoms with Gasteiger partial charge in [0.05, 0.1) is 23.8 Å². The zero-order valence-electron chi connectivity index (χ0n) is 19.0. The molecule has 0 bridgehead atoms. The summed E-state index contributed by atoms with van der Waals surface area (Å²) in [5.74, 6) is -1.04. The number of pyridine rings is 1. The number of sulfonamides is 1. The van der Waals surface area contributed by atoms with E-state index in [4.69, 9.17) is 21.1 Å². The van der Waals surface area contributed by atoms with Crippen molar-refractivity contribution in [3.05, 3.63) is 69.5 Å². The third-order valence-electron chi connectivity index (χ3n) is 6.56. The number of fused-ring (bicyclic) bond motifs is 1. The van der Waals surface area contributed by atoms with E-state index in [0.717, 1.165) is 4.31 Å². The van der Waals surface area contributed by atoms with E-state index in [9.17, 15) is 18.0 Å². The van der Waals surface area contributed by atoms with Crippen LogP contribution < -0.4 is 9.73 Å². The van der Waals surface area contributed by atoms with E-state index in [1.54, 1.807) is 29.2 Å². The maximum atomic E-state index is 13.3. The van der Waals surface area contributed by atoms with Gasteiger partial charge in [0.25, 0.3) is 15.9 Å². The minimum absolute atomic E-state index is 0.0395. The van der Waals surface area contributed by atoms with Crippen LogP contribution in [0.5, 0.6) is 0 Å². The fourth-order valence-corrected chi connectivity index (χ4v) is 5.82. The lowest BCUT2D eigenvalue weighted by molar-refractivity contribution is -0.181. The first kappa shape index (κ1) is 23.8. The Morgan fingerprint density at radius 2 is 1.74 bits per heavy atom. The molecule has 9 nitrogen and oxygen atoms in total. The van der Waals surface area contributed by atoms with Crippen molar-refractivity contribution in [2.75, 3.05) is 37.7 Å². The van der Waals surface area contributed by atoms with Gasteiger partial charge in [-0.3, -0.25) is 13.9 Å². The highest BCUT2D eigenvalue weighted by Gasteiger charge is 2.41. The Hall–Kier alpha value is -2.92. The Labute approximate surface area is 207 Å². The van der Waals surface area contributed by atoms with Gasteiger partial charge in [-0.05, 0) is 42.5 Å². The van der Waals surface area contributed by atoms with Crippen molar-refractivity contribution in [2.45, 2.75) is 23.5 Å². The average Bonchev–Trinajstić information content (AvgIpc) is 3.32. The van der Waals surface area contributed by atoms with Crippen LogP contribution in [0.3, 0.4) is 0 Å². The summed E-state index contributed by atoms with van der Waals surface area (Å²) >= 11 is 5.91. The number of aromatic nitrogens is 1. The van der Waals surface area contributed by atoms with Crippen LogP contribution in [0.15, 0.2) is 58.4 Å². The highest BCUT2D eigenvalue weighted by atomic mass is 35.5. The fourth-order valence-electron chi connectivity index (χ4n) is 4.47. The van der Waals surface area contributed by atoms with Crippen molar-refractivity contribution in [3.63, 3.8) is 0 Å². The monoisotopic (exact) mass is 517 g/mol. The van der Waals surface area contributed by atoms with Gasteiger partial charge in [0.1, 0.15) is 5.56 Å². The zero-order chi connectivity index (χ0) is 24.8. The molecule has 2 aliphatic rings. The molecule has 0 unspecified atom stereocenters. The summed E-state index contributed by atoms with van der Waals surface area (Å²) in [6, 6.07) is 10.6. The fraction of sp³-hybridized carbons (Fsp3) is 0.333. The van der Waals surface area contributed by atoms with Crippen molar-refractivity contribution in [2.24, 2.45) is 0 Å². The topological polar surface area (TPSA) is 109 Å². The Balaban J connectivity index is 1.44. The first-order valence-corrected chi connectivity index (χ1v) is 13.0. The Bertz CT molecular complexity index is 1440. The van der Waals surface area contributed by atoms with Gasteiger partial charge in [-0.1, -0.05) is 11.6 Å². The van der Waals surface area contributed by atoms with Gasteiger partial charge in [0, 0.05) is 55.1 Å². The molecule has 0 radical (unpaired) electrons. The summed E-state index contributed by atoms with van der Waals surface area (Å²) in [6.07, 6.45) is 2.45. The van der Waals surface area contributed by atoms with Crippen molar-refractivity contribution in [1.29, 1.82) is 0 Å². The van der Waals surface area contributed by atoms with Gasteiger partial charge in [0.2, 0.25) is 5.43 Å². The van der Waals surface area contributed by atoms with Crippen molar-refractivity contribution in [1.82, 2.24) is 9.88 Å². The molecule has 2 aromatic carbocycles. The maximum absolute atomic E-state index is 13.3. The Morgan fingerprint density at radius 3 is 2.40 bits per heavy atom. The lowest BCUT2D eigenvalue weighted by Crippen LogP contribution is -2.48. The minimum Gasteiger partial charge on any atom is -0.360 e. The number of anilines is 1. The standard InChI is InChI=1S/C24H24ClN3O6S/c1-27(17-4-2-16(25)3-5-17)35(31,32)18-6-7-21-19(14-18)22(29)20(15-26-21)23(30)28-10-8-24(9-11-28)33-12-13-34-24/h2-7,14-15H,8-13H2,1H3,(H,26,29). The minimum atomic E-state index is -3.97. The molecule has 1 amide bonds. The third kappa shape index (κ3) is 4.31. The predicted octanol–water partition coefficient (Wildman–Crippen LogP) is 2.99. The molecule has 1 aromatic heterocycles. The molecule has 35 heavy (non-hydrogen) atoms. The number of nitrogens with zero attached hydrogens (tertiary/aromatic N) is 2. The highest BCUT2D eigenvalue weighted by Crippen LogP contribution is 2.32. The summed E-state index contributed by atoms with van der Waals surface area (Å²) in [6.45, 7) is 1.88. The number of piperidine rings is 1. The van der Waals surface area contributed by atoms with Crippen LogP contribution in [-0.2, 0) is 19.5 Å². The first-order valence-electron chi connectivity index (χ1n) is 11.2. The molecule has 0 aliphatic carbocycles. The lowest BCUT2D eigenvalue weighted by atomic mass is 10.0. The number of amides is 1. The van der Waals surface area contributed by atoms with Crippen molar-refractivity contribution in [3.8, 4) is 0 Å². The van der Waals surface area contributed by atoms with Crippen LogP contribution >= 0.6 is 11.6 Å². The molecule has 0 saturated carbocycles. The van der Waals surface area contributed by atoms with Gasteiger partial charge in [-0.25, -0.2) is 8.42 Å². The Kier molecular flexibility index (Phi) is 6.08. The number of carbonyl (C=O) groups excluding carboxylic acids is 1. The summed E-state index contributed by atoms with van der Waals surface area (Å²) in [5.41, 5.74) is 0.293. The molecule has 0 atom stereocenters. The molecule has 3 heterocycles. The molecule has 2 aliphatic heterocycles. The van der Waals surface area contributed by atoms with Gasteiger partial charge in [0.15, 0.2) is 5.79 Å². The van der Waals surface area contributed by atoms with Crippen molar-refractivity contribution < 1.29 is 22.7 Å². The number of H-pyrrole nitrogens is 1. The number of hydrogen-bond acceptors (Lipinski definition) is 6. The van der Waals surface area contributed by atoms with E-state index in [1.807, 2.05) is 0 Å². The van der Waals surface area contributed by atoms with Crippen LogP contribution in [0, 0.1) is 0 Å². The Morgan fingerprint density at radius 1 is 1.09 bits per heavy atom. The molecule has 184 valence electrons. The normalized spacial score (nSPS) is 17.7. The number of halogens is 1. The number of likely N-dealkylation sites (tertiary alicyclic amines) is 1. The van der Waals surface area contributed by atoms with Crippen LogP contribution in [0.4, 0.5) is 5.69 Å². The molecule has 2 saturated heterocycles. The summed E-state index contributed by atoms with van der Waals surface area (Å²) < 4.78 is 39.0. The maximum Gasteiger partial charge on any atom is 0.264 e. The second-order valence-electron chi connectivity index (χ2n) is 8.59. The van der Waals surface area contributed by atoms with E-state index in [0.29, 0.717) is 55.4 Å². The number of benzene rings is 2. The van der Waals surface area contributed by atoms with Gasteiger partial charge >= 0.3 is 0 Å². The molecule has 1 N–H and O–H groups in total. The lowest BCUT2D eigenvalue weighted by Gasteiger charge is -2.37. The first-order chi connectivity index (χ1) is 16.7. The molecular formula is C24H24ClN3O6S. The summed E-state index contributed by atoms with van der Waals surface area (Å²) in [5, 5.41) is 0.610. The second-order valence-corrected chi connectivity index (χ2v) is 11.0. The average molecular weight is 518 g/mol. The van der Waals surface area contributed by atoms with Gasteiger partial charge in [-0.15, -0.1) is 0 Å². The molecule has 11 heteroatoms. The molecule has 5 rings (SSSR count). The molecule has 1 spiro atoms. The van der Waals surface area contributed by atoms with E-state index in [1.165, 1.54) is 31.4 Å². The smallest absolute Gasteiger partial charge is 0.264 e. The number of nitrogens with one attached hydrogen (secondary N) is 1. The number of aromatic amines is 1. The van der Waals surface area contributed by atoms with Crippen LogP contribution in [0.1, 0.15) is 23.2 Å². The quantitative estimate of drug-likeness (QED) is 0.570. The number of hydrogen-bond donors (Lipinski definition) is 1. The van der Waals surface area contributed by atoms with E-state index >= 15 is 0 Å². The van der Waals surface area contributed by atoms with Crippen molar-refractivity contribution >= 4 is 44.1 Å². The zero-order valence-corrected chi connectivity index (χ0v) is 20.6. The van der Waals surface area contributed by atoms with E-state index in [2.05, 4.69) is 4.98 Å². The second kappa shape index (κ2) is 8.94. The summed E-state index contributed by atoms with van der Waals surface area (Å²) in [7, 11) is -2.54. The number of rotatable bonds is 4. The highest BCUT2D eigenvalue weighted by molar-refractivity contribution is 7.92. The predicted molar refractivity (Wildman–Crippen MR) is 131 cm³/mol. The molecule has 2 fully saturated rings. The third-order valence-corrected chi connectivity index (χ3v) is 8.59. The number of ether oxygens (including phenoxy) is 2.